The molecular formula is C27H38N2. The molecule has 2 nitrogen and oxygen atoms in total. The second-order valence-electron chi connectivity index (χ2n) is 8.96. The van der Waals surface area contributed by atoms with Crippen LogP contribution in [-0.2, 0) is 6.42 Å². The summed E-state index contributed by atoms with van der Waals surface area (Å²) < 4.78 is 0. The van der Waals surface area contributed by atoms with Crippen LogP contribution < -0.4 is 10.2 Å². The topological polar surface area (TPSA) is 15.3 Å². The van der Waals surface area contributed by atoms with Crippen LogP contribution in [0.25, 0.3) is 0 Å². The van der Waals surface area contributed by atoms with Gasteiger partial charge in [-0.1, -0.05) is 53.7 Å². The maximum Gasteiger partial charge on any atom is 0.0991 e. The fourth-order valence-electron chi connectivity index (χ4n) is 4.46. The van der Waals surface area contributed by atoms with Crippen molar-refractivity contribution < 1.29 is 0 Å². The van der Waals surface area contributed by atoms with Crippen molar-refractivity contribution in [1.82, 2.24) is 5.32 Å². The number of nitrogens with one attached hydrogen (secondary N) is 1. The highest BCUT2D eigenvalue weighted by atomic mass is 15.3. The van der Waals surface area contributed by atoms with Crippen LogP contribution in [0.3, 0.4) is 0 Å². The van der Waals surface area contributed by atoms with Crippen molar-refractivity contribution in [3.05, 3.63) is 76.7 Å². The van der Waals surface area contributed by atoms with Crippen LogP contribution in [-0.4, -0.2) is 6.54 Å². The molecule has 1 aromatic rings. The third-order valence-electron chi connectivity index (χ3n) is 6.16. The molecule has 0 aromatic heterocycles. The van der Waals surface area contributed by atoms with Crippen molar-refractivity contribution in [3.63, 3.8) is 0 Å². The first-order valence-corrected chi connectivity index (χ1v) is 11.2. The van der Waals surface area contributed by atoms with E-state index < -0.39 is 0 Å². The molecule has 1 unspecified atom stereocenters. The van der Waals surface area contributed by atoms with Gasteiger partial charge in [0.05, 0.1) is 11.9 Å². The number of hydrogen-bond donors (Lipinski definition) is 1. The standard InChI is InChI=1S/C27H38N2/c1-20(2)10-6-11-21(3)12-7-13-22(4)18-19-29-23(5)28-25-16-8-14-24-15-9-17-26(29)27(24)25/h9-10,12,15,17-18,25,28H,5-8,11,13-14,16,19H2,1-4H3. The van der Waals surface area contributed by atoms with Crippen LogP contribution in [0.1, 0.15) is 83.4 Å². The molecule has 1 atom stereocenters. The van der Waals surface area contributed by atoms with Gasteiger partial charge in [0, 0.05) is 17.8 Å². The molecule has 1 aliphatic heterocycles. The van der Waals surface area contributed by atoms with Crippen LogP contribution in [0, 0.1) is 0 Å². The van der Waals surface area contributed by atoms with Gasteiger partial charge in [-0.3, -0.25) is 0 Å². The van der Waals surface area contributed by atoms with E-state index in [1.165, 1.54) is 59.2 Å². The van der Waals surface area contributed by atoms with Crippen LogP contribution in [0.2, 0.25) is 0 Å². The van der Waals surface area contributed by atoms with Crippen LogP contribution in [0.4, 0.5) is 5.69 Å². The normalized spacial score (nSPS) is 19.0. The zero-order valence-corrected chi connectivity index (χ0v) is 18.9. The van der Waals surface area contributed by atoms with Crippen molar-refractivity contribution in [2.45, 2.75) is 78.7 Å². The van der Waals surface area contributed by atoms with Gasteiger partial charge in [0.1, 0.15) is 0 Å². The zero-order valence-electron chi connectivity index (χ0n) is 18.9. The van der Waals surface area contributed by atoms with Gasteiger partial charge in [-0.25, -0.2) is 0 Å². The van der Waals surface area contributed by atoms with E-state index in [-0.39, 0.29) is 0 Å². The molecule has 3 rings (SSSR count). The maximum atomic E-state index is 4.32. The third-order valence-corrected chi connectivity index (χ3v) is 6.16. The Kier molecular flexibility index (Phi) is 7.41. The Morgan fingerprint density at radius 3 is 2.55 bits per heavy atom. The molecule has 0 bridgehead atoms. The summed E-state index contributed by atoms with van der Waals surface area (Å²) in [5, 5.41) is 3.66. The van der Waals surface area contributed by atoms with E-state index in [9.17, 15) is 0 Å². The minimum atomic E-state index is 0.447. The van der Waals surface area contributed by atoms with Gasteiger partial charge in [0.25, 0.3) is 0 Å². The number of benzene rings is 1. The SMILES string of the molecule is C=C1NC2CCCc3cccc(c32)N1CC=C(C)CCC=C(C)CCC=C(C)C. The average Bonchev–Trinajstić information content (AvgIpc) is 2.67. The molecule has 0 amide bonds. The lowest BCUT2D eigenvalue weighted by molar-refractivity contribution is 0.478. The lowest BCUT2D eigenvalue weighted by Gasteiger charge is -2.41. The summed E-state index contributed by atoms with van der Waals surface area (Å²) in [6.45, 7) is 14.1. The van der Waals surface area contributed by atoms with Crippen LogP contribution >= 0.6 is 0 Å². The minimum absolute atomic E-state index is 0.447. The van der Waals surface area contributed by atoms with Crippen molar-refractivity contribution in [2.24, 2.45) is 0 Å². The second-order valence-corrected chi connectivity index (χ2v) is 8.96. The molecule has 1 N–H and O–H groups in total. The van der Waals surface area contributed by atoms with Gasteiger partial charge in [-0.2, -0.15) is 0 Å². The first-order valence-electron chi connectivity index (χ1n) is 11.2. The van der Waals surface area contributed by atoms with E-state index in [1.807, 2.05) is 0 Å². The monoisotopic (exact) mass is 390 g/mol. The number of hydrogen-bond acceptors (Lipinski definition) is 2. The molecule has 0 saturated heterocycles. The minimum Gasteiger partial charge on any atom is -0.365 e. The number of nitrogens with zero attached hydrogens (tertiary/aromatic N) is 1. The molecule has 0 fully saturated rings. The van der Waals surface area contributed by atoms with E-state index in [2.05, 4.69) is 80.9 Å². The van der Waals surface area contributed by atoms with E-state index in [1.54, 1.807) is 0 Å². The Morgan fingerprint density at radius 2 is 1.79 bits per heavy atom. The maximum absolute atomic E-state index is 4.32. The third kappa shape index (κ3) is 5.65. The number of allylic oxidation sites excluding steroid dienone is 5. The molecule has 156 valence electrons. The Balaban J connectivity index is 1.58. The highest BCUT2D eigenvalue weighted by Gasteiger charge is 2.30. The molecule has 1 aliphatic carbocycles. The highest BCUT2D eigenvalue weighted by molar-refractivity contribution is 5.65. The molecule has 0 spiro atoms. The molecular weight excluding hydrogens is 352 g/mol. The number of aryl methyl sites for hydroxylation is 1. The highest BCUT2D eigenvalue weighted by Crippen LogP contribution is 2.41. The summed E-state index contributed by atoms with van der Waals surface area (Å²) >= 11 is 0. The Bertz CT molecular complexity index is 821. The van der Waals surface area contributed by atoms with Gasteiger partial charge >= 0.3 is 0 Å². The molecule has 0 radical (unpaired) electrons. The Labute approximate surface area is 178 Å². The molecule has 1 aromatic carbocycles. The van der Waals surface area contributed by atoms with Crippen molar-refractivity contribution in [2.75, 3.05) is 11.4 Å². The quantitative estimate of drug-likeness (QED) is 0.466. The van der Waals surface area contributed by atoms with Crippen molar-refractivity contribution >= 4 is 5.69 Å². The number of anilines is 1. The van der Waals surface area contributed by atoms with Gasteiger partial charge in [0.2, 0.25) is 0 Å². The molecule has 2 aliphatic rings. The van der Waals surface area contributed by atoms with Gasteiger partial charge in [-0.15, -0.1) is 0 Å². The lowest BCUT2D eigenvalue weighted by Crippen LogP contribution is -2.41. The Morgan fingerprint density at radius 1 is 1.07 bits per heavy atom. The number of rotatable bonds is 8. The fraction of sp³-hybridized carbons (Fsp3) is 0.481. The van der Waals surface area contributed by atoms with Crippen molar-refractivity contribution in [3.8, 4) is 0 Å². The van der Waals surface area contributed by atoms with Gasteiger partial charge in [-0.05, 0) is 84.3 Å². The van der Waals surface area contributed by atoms with Gasteiger partial charge < -0.3 is 10.2 Å². The van der Waals surface area contributed by atoms with E-state index in [4.69, 9.17) is 0 Å². The smallest absolute Gasteiger partial charge is 0.0991 e. The summed E-state index contributed by atoms with van der Waals surface area (Å²) in [6.07, 6.45) is 15.4. The molecule has 29 heavy (non-hydrogen) atoms. The van der Waals surface area contributed by atoms with E-state index in [0.29, 0.717) is 6.04 Å². The van der Waals surface area contributed by atoms with Gasteiger partial charge in [0.15, 0.2) is 0 Å². The predicted molar refractivity (Wildman–Crippen MR) is 127 cm³/mol. The summed E-state index contributed by atoms with van der Waals surface area (Å²) in [6, 6.07) is 7.22. The van der Waals surface area contributed by atoms with Crippen LogP contribution in [0.5, 0.6) is 0 Å². The summed E-state index contributed by atoms with van der Waals surface area (Å²) in [4.78, 5) is 2.35. The second kappa shape index (κ2) is 10.0. The predicted octanol–water partition coefficient (Wildman–Crippen LogP) is 7.36. The summed E-state index contributed by atoms with van der Waals surface area (Å²) in [5.41, 5.74) is 8.75. The summed E-state index contributed by atoms with van der Waals surface area (Å²) in [7, 11) is 0. The van der Waals surface area contributed by atoms with E-state index >= 15 is 0 Å². The lowest BCUT2D eigenvalue weighted by atomic mass is 9.85. The average molecular weight is 391 g/mol. The van der Waals surface area contributed by atoms with Crippen molar-refractivity contribution in [1.29, 1.82) is 0 Å². The molecule has 1 heterocycles. The fourth-order valence-corrected chi connectivity index (χ4v) is 4.46. The summed E-state index contributed by atoms with van der Waals surface area (Å²) in [5.74, 6) is 1.04. The molecule has 0 saturated carbocycles. The van der Waals surface area contributed by atoms with E-state index in [0.717, 1.165) is 31.6 Å². The molecule has 2 heteroatoms. The zero-order chi connectivity index (χ0) is 20.8. The first-order chi connectivity index (χ1) is 14.0. The largest absolute Gasteiger partial charge is 0.365 e. The Hall–Kier alpha value is -2.22. The first kappa shape index (κ1) is 21.5. The van der Waals surface area contributed by atoms with Crippen LogP contribution in [0.15, 0.2) is 65.5 Å².